The highest BCUT2D eigenvalue weighted by Crippen LogP contribution is 2.26. The maximum absolute atomic E-state index is 13.0. The number of esters is 2. The first kappa shape index (κ1) is 59.1. The van der Waals surface area contributed by atoms with Gasteiger partial charge in [-0.05, 0) is 64.2 Å². The van der Waals surface area contributed by atoms with E-state index in [1.54, 1.807) is 0 Å². The summed E-state index contributed by atoms with van der Waals surface area (Å²) in [5, 5.41) is 72.0. The number of carbonyl (C=O) groups excluding carboxylic acids is 2. The number of hydrogen-bond acceptors (Lipinski definition) is 15. The van der Waals surface area contributed by atoms with Crippen molar-refractivity contribution in [3.63, 3.8) is 0 Å². The van der Waals surface area contributed by atoms with Gasteiger partial charge in [0.05, 0.1) is 19.8 Å². The first-order valence-electron chi connectivity index (χ1n) is 25.4. The van der Waals surface area contributed by atoms with Crippen molar-refractivity contribution in [3.8, 4) is 0 Å². The smallest absolute Gasteiger partial charge is 0.306 e. The molecule has 0 aromatic heterocycles. The van der Waals surface area contributed by atoms with Crippen LogP contribution in [0.25, 0.3) is 0 Å². The third-order valence-corrected chi connectivity index (χ3v) is 12.2. The summed E-state index contributed by atoms with van der Waals surface area (Å²) >= 11 is 0. The number of aliphatic hydroxyl groups excluding tert-OH is 7. The van der Waals surface area contributed by atoms with Gasteiger partial charge in [-0.1, -0.05) is 134 Å². The Kier molecular flexibility index (Phi) is 34.5. The fourth-order valence-electron chi connectivity index (χ4n) is 7.91. The lowest BCUT2D eigenvalue weighted by atomic mass is 9.98. The lowest BCUT2D eigenvalue weighted by Gasteiger charge is -2.42. The Morgan fingerprint density at radius 2 is 0.877 bits per heavy atom. The van der Waals surface area contributed by atoms with Gasteiger partial charge in [0.1, 0.15) is 55.4 Å². The molecule has 11 unspecified atom stereocenters. The summed E-state index contributed by atoms with van der Waals surface area (Å²) in [4.78, 5) is 25.7. The second kappa shape index (κ2) is 37.9. The molecule has 380 valence electrons. The van der Waals surface area contributed by atoms with E-state index < -0.39 is 92.7 Å². The molecule has 2 aliphatic rings. The van der Waals surface area contributed by atoms with Crippen LogP contribution >= 0.6 is 0 Å². The van der Waals surface area contributed by atoms with Gasteiger partial charge in [-0.2, -0.15) is 0 Å². The van der Waals surface area contributed by atoms with Crippen LogP contribution in [0.15, 0.2) is 24.3 Å². The Balaban J connectivity index is 1.81. The standard InChI is InChI=1S/C50H90O15/c1-3-5-7-9-11-13-15-17-18-19-20-21-23-25-27-29-31-33-42(53)63-38(35-60-41(52)32-30-28-26-24-22-16-14-12-10-8-6-4-2)36-61-49-48(59)46(57)44(55)40(65-49)37-62-50-47(58)45(56)43(54)39(34-51)64-50/h12,14,17-18,38-40,43-51,54-59H,3-11,13,15-16,19-37H2,1-2H3/b14-12-,18-17-. The Morgan fingerprint density at radius 3 is 1.38 bits per heavy atom. The highest BCUT2D eigenvalue weighted by Gasteiger charge is 2.47. The summed E-state index contributed by atoms with van der Waals surface area (Å²) in [5.41, 5.74) is 0. The van der Waals surface area contributed by atoms with Gasteiger partial charge in [-0.25, -0.2) is 0 Å². The molecule has 2 fully saturated rings. The normalized spacial score (nSPS) is 26.5. The van der Waals surface area contributed by atoms with Crippen molar-refractivity contribution in [1.29, 1.82) is 0 Å². The van der Waals surface area contributed by atoms with Crippen LogP contribution in [-0.2, 0) is 38.0 Å². The zero-order valence-electron chi connectivity index (χ0n) is 40.0. The molecule has 0 aromatic carbocycles. The number of aliphatic hydroxyl groups is 7. The monoisotopic (exact) mass is 931 g/mol. The van der Waals surface area contributed by atoms with E-state index >= 15 is 0 Å². The van der Waals surface area contributed by atoms with E-state index in [2.05, 4.69) is 38.2 Å². The number of carbonyl (C=O) groups is 2. The topological polar surface area (TPSA) is 231 Å². The van der Waals surface area contributed by atoms with Crippen LogP contribution in [0.4, 0.5) is 0 Å². The molecule has 2 rings (SSSR count). The fraction of sp³-hybridized carbons (Fsp3) is 0.880. The molecule has 0 amide bonds. The number of ether oxygens (including phenoxy) is 6. The molecule has 2 aliphatic heterocycles. The predicted molar refractivity (Wildman–Crippen MR) is 247 cm³/mol. The van der Waals surface area contributed by atoms with Gasteiger partial charge < -0.3 is 64.2 Å². The molecule has 65 heavy (non-hydrogen) atoms. The van der Waals surface area contributed by atoms with Crippen LogP contribution < -0.4 is 0 Å². The molecule has 11 atom stereocenters. The van der Waals surface area contributed by atoms with Gasteiger partial charge >= 0.3 is 11.9 Å². The van der Waals surface area contributed by atoms with Crippen LogP contribution in [0, 0.1) is 0 Å². The number of unbranched alkanes of at least 4 members (excludes halogenated alkanes) is 21. The van der Waals surface area contributed by atoms with Crippen molar-refractivity contribution >= 4 is 11.9 Å². The average molecular weight is 931 g/mol. The zero-order valence-corrected chi connectivity index (χ0v) is 40.0. The van der Waals surface area contributed by atoms with Crippen molar-refractivity contribution in [3.05, 3.63) is 24.3 Å². The SMILES string of the molecule is CCCCC/C=C\CCCCCCCC(=O)OCC(COC1OC(COC2OC(CO)C(O)C(O)C2O)C(O)C(O)C1O)OC(=O)CCCCCCCCC/C=C\CCCCCCCC. The molecular weight excluding hydrogens is 841 g/mol. The zero-order chi connectivity index (χ0) is 47.5. The maximum atomic E-state index is 13.0. The van der Waals surface area contributed by atoms with E-state index in [9.17, 15) is 45.3 Å². The molecule has 0 saturated carbocycles. The van der Waals surface area contributed by atoms with E-state index in [1.807, 2.05) is 0 Å². The van der Waals surface area contributed by atoms with Crippen molar-refractivity contribution in [1.82, 2.24) is 0 Å². The lowest BCUT2D eigenvalue weighted by molar-refractivity contribution is -0.332. The molecule has 0 aromatic rings. The van der Waals surface area contributed by atoms with Crippen molar-refractivity contribution < 1.29 is 73.8 Å². The number of rotatable bonds is 39. The third kappa shape index (κ3) is 26.4. The minimum absolute atomic E-state index is 0.160. The van der Waals surface area contributed by atoms with Crippen molar-refractivity contribution in [2.45, 2.75) is 255 Å². The summed E-state index contributed by atoms with van der Waals surface area (Å²) < 4.78 is 33.5. The average Bonchev–Trinajstić information content (AvgIpc) is 3.30. The number of hydrogen-bond donors (Lipinski definition) is 7. The first-order valence-corrected chi connectivity index (χ1v) is 25.4. The van der Waals surface area contributed by atoms with Crippen LogP contribution in [0.2, 0.25) is 0 Å². The Hall–Kier alpha value is -2.02. The molecule has 0 aliphatic carbocycles. The molecule has 0 radical (unpaired) electrons. The molecular formula is C50H90O15. The molecule has 0 spiro atoms. The Morgan fingerprint density at radius 1 is 0.477 bits per heavy atom. The molecule has 2 saturated heterocycles. The maximum Gasteiger partial charge on any atom is 0.306 e. The quantitative estimate of drug-likeness (QED) is 0.0192. The fourth-order valence-corrected chi connectivity index (χ4v) is 7.91. The second-order valence-corrected chi connectivity index (χ2v) is 18.0. The van der Waals surface area contributed by atoms with Crippen LogP contribution in [0.3, 0.4) is 0 Å². The van der Waals surface area contributed by atoms with Crippen molar-refractivity contribution in [2.24, 2.45) is 0 Å². The summed E-state index contributed by atoms with van der Waals surface area (Å²) in [6.45, 7) is 2.55. The van der Waals surface area contributed by atoms with Crippen LogP contribution in [0.5, 0.6) is 0 Å². The van der Waals surface area contributed by atoms with E-state index in [1.165, 1.54) is 77.0 Å². The minimum atomic E-state index is -1.76. The summed E-state index contributed by atoms with van der Waals surface area (Å²) in [7, 11) is 0. The lowest BCUT2D eigenvalue weighted by Crippen LogP contribution is -2.61. The van der Waals surface area contributed by atoms with Gasteiger partial charge in [0.15, 0.2) is 18.7 Å². The predicted octanol–water partition coefficient (Wildman–Crippen LogP) is 6.77. The van der Waals surface area contributed by atoms with E-state index in [-0.39, 0.29) is 26.1 Å². The Bertz CT molecular complexity index is 1230. The molecule has 15 heteroatoms. The Labute approximate surface area is 390 Å². The van der Waals surface area contributed by atoms with Gasteiger partial charge in [0.25, 0.3) is 0 Å². The second-order valence-electron chi connectivity index (χ2n) is 18.0. The van der Waals surface area contributed by atoms with Crippen molar-refractivity contribution in [2.75, 3.05) is 26.4 Å². The van der Waals surface area contributed by atoms with Crippen LogP contribution in [-0.4, -0.2) is 142 Å². The van der Waals surface area contributed by atoms with Gasteiger partial charge in [0.2, 0.25) is 0 Å². The summed E-state index contributed by atoms with van der Waals surface area (Å²) in [5.74, 6) is -0.937. The molecule has 15 nitrogen and oxygen atoms in total. The van der Waals surface area contributed by atoms with E-state index in [0.717, 1.165) is 70.6 Å². The van der Waals surface area contributed by atoms with Gasteiger partial charge in [-0.3, -0.25) is 9.59 Å². The largest absolute Gasteiger partial charge is 0.462 e. The first-order chi connectivity index (χ1) is 31.5. The third-order valence-electron chi connectivity index (χ3n) is 12.2. The molecule has 0 bridgehead atoms. The summed E-state index contributed by atoms with van der Waals surface area (Å²) in [6.07, 6.45) is 20.6. The van der Waals surface area contributed by atoms with Gasteiger partial charge in [0, 0.05) is 12.8 Å². The molecule has 2 heterocycles. The minimum Gasteiger partial charge on any atom is -0.462 e. The molecule has 7 N–H and O–H groups in total. The van der Waals surface area contributed by atoms with Gasteiger partial charge in [-0.15, -0.1) is 0 Å². The van der Waals surface area contributed by atoms with E-state index in [4.69, 9.17) is 28.4 Å². The highest BCUT2D eigenvalue weighted by molar-refractivity contribution is 5.70. The summed E-state index contributed by atoms with van der Waals surface area (Å²) in [6, 6.07) is 0. The van der Waals surface area contributed by atoms with E-state index in [0.29, 0.717) is 12.8 Å². The van der Waals surface area contributed by atoms with Crippen LogP contribution in [0.1, 0.15) is 187 Å². The highest BCUT2D eigenvalue weighted by atomic mass is 16.7. The number of allylic oxidation sites excluding steroid dienone is 4.